The Bertz CT molecular complexity index is 800. The van der Waals surface area contributed by atoms with Gasteiger partial charge in [0.2, 0.25) is 5.13 Å². The van der Waals surface area contributed by atoms with Crippen LogP contribution in [-0.4, -0.2) is 29.8 Å². The minimum Gasteiger partial charge on any atom is -0.496 e. The molecular weight excluding hydrogens is 362 g/mol. The zero-order valence-electron chi connectivity index (χ0n) is 16.5. The molecule has 0 saturated carbocycles. The molecule has 1 aromatic carbocycles. The monoisotopic (exact) mass is 389 g/mol. The van der Waals surface area contributed by atoms with E-state index in [4.69, 9.17) is 9.47 Å². The number of anilines is 1. The average Bonchev–Trinajstić information content (AvgIpc) is 3.13. The number of methoxy groups -OCH3 is 1. The number of carbonyl (C=O) groups excluding carboxylic acids is 1. The first-order valence-electron chi connectivity index (χ1n) is 8.99. The van der Waals surface area contributed by atoms with Crippen molar-refractivity contribution in [2.45, 2.75) is 46.0 Å². The summed E-state index contributed by atoms with van der Waals surface area (Å²) in [7, 11) is 1.53. The third-order valence-electron chi connectivity index (χ3n) is 3.98. The number of ether oxygens (including phenoxy) is 2. The van der Waals surface area contributed by atoms with Gasteiger partial charge in [-0.15, -0.1) is 10.2 Å². The highest BCUT2D eigenvalue weighted by molar-refractivity contribution is 7.15. The predicted molar refractivity (Wildman–Crippen MR) is 109 cm³/mol. The molecule has 1 N–H and O–H groups in total. The van der Waals surface area contributed by atoms with Gasteiger partial charge < -0.3 is 9.47 Å². The third-order valence-corrected chi connectivity index (χ3v) is 5.19. The molecule has 146 valence electrons. The molecule has 0 aliphatic heterocycles. The Morgan fingerprint density at radius 1 is 1.30 bits per heavy atom. The van der Waals surface area contributed by atoms with Crippen LogP contribution in [0.2, 0.25) is 0 Å². The fourth-order valence-corrected chi connectivity index (χ4v) is 3.29. The van der Waals surface area contributed by atoms with E-state index in [1.54, 1.807) is 18.2 Å². The largest absolute Gasteiger partial charge is 0.496 e. The highest BCUT2D eigenvalue weighted by atomic mass is 32.1. The van der Waals surface area contributed by atoms with E-state index in [-0.39, 0.29) is 11.3 Å². The number of rotatable bonds is 9. The minimum atomic E-state index is -0.326. The van der Waals surface area contributed by atoms with Crippen molar-refractivity contribution in [3.63, 3.8) is 0 Å². The Labute approximate surface area is 164 Å². The van der Waals surface area contributed by atoms with Crippen LogP contribution >= 0.6 is 11.3 Å². The first-order valence-corrected chi connectivity index (χ1v) is 9.80. The van der Waals surface area contributed by atoms with E-state index in [2.05, 4.69) is 35.4 Å². The highest BCUT2D eigenvalue weighted by Crippen LogP contribution is 2.33. The summed E-state index contributed by atoms with van der Waals surface area (Å²) in [5, 5.41) is 12.5. The summed E-state index contributed by atoms with van der Waals surface area (Å²) in [6.07, 6.45) is 5.82. The van der Waals surface area contributed by atoms with Gasteiger partial charge in [0, 0.05) is 5.41 Å². The molecule has 0 unspecified atom stereocenters. The Morgan fingerprint density at radius 2 is 2.04 bits per heavy atom. The van der Waals surface area contributed by atoms with Crippen LogP contribution in [-0.2, 0) is 5.41 Å². The van der Waals surface area contributed by atoms with Crippen LogP contribution in [0.25, 0.3) is 0 Å². The number of amides is 1. The number of hydrogen-bond donors (Lipinski definition) is 1. The first-order chi connectivity index (χ1) is 12.9. The van der Waals surface area contributed by atoms with Crippen molar-refractivity contribution in [2.24, 2.45) is 0 Å². The van der Waals surface area contributed by atoms with Gasteiger partial charge in [0.05, 0.1) is 13.7 Å². The third kappa shape index (κ3) is 5.29. The normalized spacial score (nSPS) is 11.6. The molecule has 1 heterocycles. The molecule has 27 heavy (non-hydrogen) atoms. The summed E-state index contributed by atoms with van der Waals surface area (Å²) < 4.78 is 11.1. The Morgan fingerprint density at radius 3 is 2.70 bits per heavy atom. The first kappa shape index (κ1) is 20.9. The van der Waals surface area contributed by atoms with Gasteiger partial charge >= 0.3 is 0 Å². The molecule has 0 bridgehead atoms. The van der Waals surface area contributed by atoms with Gasteiger partial charge in [-0.3, -0.25) is 10.1 Å². The molecule has 1 aromatic heterocycles. The van der Waals surface area contributed by atoms with Crippen LogP contribution in [0.4, 0.5) is 5.13 Å². The lowest BCUT2D eigenvalue weighted by atomic mass is 9.90. The molecule has 0 aliphatic carbocycles. The minimum absolute atomic E-state index is 0.146. The van der Waals surface area contributed by atoms with Crippen LogP contribution in [0.5, 0.6) is 11.5 Å². The number of nitrogens with one attached hydrogen (secondary N) is 1. The van der Waals surface area contributed by atoms with Crippen molar-refractivity contribution in [1.82, 2.24) is 10.2 Å². The van der Waals surface area contributed by atoms with E-state index in [1.165, 1.54) is 18.4 Å². The molecule has 0 atom stereocenters. The number of carbonyl (C=O) groups is 1. The molecule has 0 spiro atoms. The fraction of sp³-hybridized carbons (Fsp3) is 0.450. The van der Waals surface area contributed by atoms with Gasteiger partial charge in [-0.25, -0.2) is 0 Å². The molecule has 6 nitrogen and oxygen atoms in total. The van der Waals surface area contributed by atoms with Crippen molar-refractivity contribution >= 4 is 22.4 Å². The van der Waals surface area contributed by atoms with Gasteiger partial charge in [-0.05, 0) is 31.9 Å². The Kier molecular flexibility index (Phi) is 7.36. The average molecular weight is 390 g/mol. The number of hydrogen-bond acceptors (Lipinski definition) is 6. The van der Waals surface area contributed by atoms with Crippen LogP contribution in [0.15, 0.2) is 30.4 Å². The molecule has 0 radical (unpaired) electrons. The number of benzene rings is 1. The van der Waals surface area contributed by atoms with Crippen LogP contribution < -0.4 is 14.8 Å². The highest BCUT2D eigenvalue weighted by Gasteiger charge is 2.25. The van der Waals surface area contributed by atoms with E-state index >= 15 is 0 Å². The van der Waals surface area contributed by atoms with E-state index in [9.17, 15) is 4.79 Å². The van der Waals surface area contributed by atoms with Crippen LogP contribution in [0, 0.1) is 0 Å². The van der Waals surface area contributed by atoms with Crippen molar-refractivity contribution < 1.29 is 14.3 Å². The number of aromatic nitrogens is 2. The topological polar surface area (TPSA) is 73.3 Å². The van der Waals surface area contributed by atoms with Crippen molar-refractivity contribution in [3.05, 3.63) is 40.9 Å². The van der Waals surface area contributed by atoms with Crippen LogP contribution in [0.3, 0.4) is 0 Å². The summed E-state index contributed by atoms with van der Waals surface area (Å²) in [5.74, 6) is 0.624. The predicted octanol–water partition coefficient (Wildman–Crippen LogP) is 4.83. The molecule has 0 fully saturated rings. The zero-order chi connectivity index (χ0) is 19.9. The fourth-order valence-electron chi connectivity index (χ4n) is 2.44. The van der Waals surface area contributed by atoms with Crippen molar-refractivity contribution in [1.29, 1.82) is 0 Å². The van der Waals surface area contributed by atoms with E-state index in [0.29, 0.717) is 28.8 Å². The lowest BCUT2D eigenvalue weighted by Crippen LogP contribution is -2.15. The summed E-state index contributed by atoms with van der Waals surface area (Å²) >= 11 is 1.38. The molecule has 7 heteroatoms. The van der Waals surface area contributed by atoms with E-state index in [1.807, 2.05) is 19.9 Å². The SMILES string of the molecule is CC=CCC(C)(C)c1nnc(NC(=O)c2c(OC)cccc2OCCC)s1. The summed E-state index contributed by atoms with van der Waals surface area (Å²) in [6.45, 7) is 8.74. The maximum atomic E-state index is 12.9. The maximum Gasteiger partial charge on any atom is 0.265 e. The molecule has 2 aromatic rings. The van der Waals surface area contributed by atoms with Gasteiger partial charge in [0.25, 0.3) is 5.91 Å². The quantitative estimate of drug-likeness (QED) is 0.622. The summed E-state index contributed by atoms with van der Waals surface area (Å²) in [4.78, 5) is 12.9. The standard InChI is InChI=1S/C20H27N3O3S/c1-6-8-12-20(3,4)18-22-23-19(27-18)21-17(24)16-14(25-5)10-9-11-15(16)26-13-7-2/h6,8-11H,7,12-13H2,1-5H3,(H,21,23,24). The van der Waals surface area contributed by atoms with Crippen LogP contribution in [0.1, 0.15) is 55.9 Å². The molecule has 1 amide bonds. The molecule has 0 aliphatic rings. The summed E-state index contributed by atoms with van der Waals surface area (Å²) in [6, 6.07) is 5.30. The van der Waals surface area contributed by atoms with Crippen molar-refractivity contribution in [3.8, 4) is 11.5 Å². The van der Waals surface area contributed by atoms with Gasteiger partial charge in [0.15, 0.2) is 0 Å². The summed E-state index contributed by atoms with van der Waals surface area (Å²) in [5.41, 5.74) is 0.214. The second kappa shape index (κ2) is 9.50. The second-order valence-electron chi connectivity index (χ2n) is 6.71. The van der Waals surface area contributed by atoms with Crippen molar-refractivity contribution in [2.75, 3.05) is 19.0 Å². The second-order valence-corrected chi connectivity index (χ2v) is 7.68. The molecule has 0 saturated heterocycles. The zero-order valence-corrected chi connectivity index (χ0v) is 17.4. The Balaban J connectivity index is 2.23. The van der Waals surface area contributed by atoms with E-state index < -0.39 is 0 Å². The lowest BCUT2D eigenvalue weighted by molar-refractivity contribution is 0.101. The molecule has 2 rings (SSSR count). The molecular formula is C20H27N3O3S. The van der Waals surface area contributed by atoms with Gasteiger partial charge in [0.1, 0.15) is 22.1 Å². The van der Waals surface area contributed by atoms with Gasteiger partial charge in [-0.2, -0.15) is 0 Å². The number of nitrogens with zero attached hydrogens (tertiary/aromatic N) is 2. The lowest BCUT2D eigenvalue weighted by Gasteiger charge is -2.18. The smallest absolute Gasteiger partial charge is 0.265 e. The maximum absolute atomic E-state index is 12.9. The Hall–Kier alpha value is -2.41. The van der Waals surface area contributed by atoms with Gasteiger partial charge in [-0.1, -0.05) is 50.3 Å². The van der Waals surface area contributed by atoms with E-state index in [0.717, 1.165) is 17.8 Å². The number of allylic oxidation sites excluding steroid dienone is 2.